The topological polar surface area (TPSA) is 69.8 Å². The number of aromatic nitrogens is 2. The molecule has 1 saturated heterocycles. The Hall–Kier alpha value is -1.07. The highest BCUT2D eigenvalue weighted by molar-refractivity contribution is 5.92. The van der Waals surface area contributed by atoms with Gasteiger partial charge in [0.1, 0.15) is 5.69 Å². The summed E-state index contributed by atoms with van der Waals surface area (Å²) >= 11 is 0. The minimum Gasteiger partial charge on any atom is -0.346 e. The number of aromatic amines is 1. The van der Waals surface area contributed by atoms with E-state index in [2.05, 4.69) is 41.6 Å². The highest BCUT2D eigenvalue weighted by atomic mass is 35.5. The largest absolute Gasteiger partial charge is 0.346 e. The Labute approximate surface area is 120 Å². The minimum absolute atomic E-state index is 0. The zero-order valence-electron chi connectivity index (χ0n) is 11.7. The first kappa shape index (κ1) is 16.0. The lowest BCUT2D eigenvalue weighted by molar-refractivity contribution is 0.0914. The molecule has 2 unspecified atom stereocenters. The second kappa shape index (κ2) is 6.91. The zero-order valence-corrected chi connectivity index (χ0v) is 12.5. The molecule has 2 heterocycles. The predicted molar refractivity (Wildman–Crippen MR) is 77.9 cm³/mol. The van der Waals surface area contributed by atoms with E-state index in [0.29, 0.717) is 17.7 Å². The van der Waals surface area contributed by atoms with E-state index in [1.807, 2.05) is 6.07 Å². The van der Waals surface area contributed by atoms with Crippen LogP contribution in [0.2, 0.25) is 0 Å². The maximum atomic E-state index is 12.1. The standard InChI is InChI=1S/C13H22N4O.ClH/c1-8(2)11-7-12(17-16-11)13(18)15-10-5-4-6-14-9(10)3;/h7-10,14H,4-6H2,1-3H3,(H,15,18)(H,16,17);1H. The molecule has 108 valence electrons. The molecule has 1 aliphatic heterocycles. The molecule has 19 heavy (non-hydrogen) atoms. The third kappa shape index (κ3) is 3.94. The molecule has 0 radical (unpaired) electrons. The zero-order chi connectivity index (χ0) is 13.1. The van der Waals surface area contributed by atoms with Gasteiger partial charge >= 0.3 is 0 Å². The van der Waals surface area contributed by atoms with E-state index in [0.717, 1.165) is 25.1 Å². The van der Waals surface area contributed by atoms with Crippen molar-refractivity contribution in [2.45, 2.75) is 51.6 Å². The SMILES string of the molecule is CC(C)c1cc(C(=O)NC2CCCNC2C)n[nH]1.Cl. The Balaban J connectivity index is 0.00000180. The second-order valence-corrected chi connectivity index (χ2v) is 5.33. The number of halogens is 1. The smallest absolute Gasteiger partial charge is 0.272 e. The molecule has 5 nitrogen and oxygen atoms in total. The molecular formula is C13H23ClN4O. The van der Waals surface area contributed by atoms with Gasteiger partial charge < -0.3 is 10.6 Å². The van der Waals surface area contributed by atoms with Gasteiger partial charge in [0.25, 0.3) is 5.91 Å². The van der Waals surface area contributed by atoms with Gasteiger partial charge in [-0.05, 0) is 38.3 Å². The Morgan fingerprint density at radius 1 is 1.53 bits per heavy atom. The number of hydrogen-bond acceptors (Lipinski definition) is 3. The fourth-order valence-corrected chi connectivity index (χ4v) is 2.23. The monoisotopic (exact) mass is 286 g/mol. The third-order valence-electron chi connectivity index (χ3n) is 3.53. The molecule has 0 aromatic carbocycles. The molecule has 0 spiro atoms. The van der Waals surface area contributed by atoms with E-state index in [9.17, 15) is 4.79 Å². The minimum atomic E-state index is -0.0845. The first-order chi connectivity index (χ1) is 8.58. The molecule has 6 heteroatoms. The van der Waals surface area contributed by atoms with Gasteiger partial charge in [-0.3, -0.25) is 9.89 Å². The van der Waals surface area contributed by atoms with Crippen molar-refractivity contribution in [3.05, 3.63) is 17.5 Å². The fraction of sp³-hybridized carbons (Fsp3) is 0.692. The van der Waals surface area contributed by atoms with Crippen LogP contribution in [0.3, 0.4) is 0 Å². The third-order valence-corrected chi connectivity index (χ3v) is 3.53. The van der Waals surface area contributed by atoms with Gasteiger partial charge in [0, 0.05) is 17.8 Å². The van der Waals surface area contributed by atoms with Crippen molar-refractivity contribution in [3.63, 3.8) is 0 Å². The summed E-state index contributed by atoms with van der Waals surface area (Å²) in [5.74, 6) is 0.271. The van der Waals surface area contributed by atoms with Crippen molar-refractivity contribution in [1.82, 2.24) is 20.8 Å². The molecule has 1 amide bonds. The highest BCUT2D eigenvalue weighted by Gasteiger charge is 2.23. The van der Waals surface area contributed by atoms with E-state index in [1.165, 1.54) is 0 Å². The fourth-order valence-electron chi connectivity index (χ4n) is 2.23. The van der Waals surface area contributed by atoms with Crippen LogP contribution in [0, 0.1) is 0 Å². The van der Waals surface area contributed by atoms with Crippen LogP contribution in [0.15, 0.2) is 6.07 Å². The van der Waals surface area contributed by atoms with Gasteiger partial charge in [-0.15, -0.1) is 12.4 Å². The summed E-state index contributed by atoms with van der Waals surface area (Å²) in [6.07, 6.45) is 2.13. The van der Waals surface area contributed by atoms with Crippen LogP contribution in [0.25, 0.3) is 0 Å². The summed E-state index contributed by atoms with van der Waals surface area (Å²) in [7, 11) is 0. The quantitative estimate of drug-likeness (QED) is 0.794. The first-order valence-corrected chi connectivity index (χ1v) is 6.67. The van der Waals surface area contributed by atoms with Crippen molar-refractivity contribution >= 4 is 18.3 Å². The average molecular weight is 287 g/mol. The van der Waals surface area contributed by atoms with E-state index in [-0.39, 0.29) is 24.4 Å². The number of hydrogen-bond donors (Lipinski definition) is 3. The van der Waals surface area contributed by atoms with Crippen LogP contribution in [0.4, 0.5) is 0 Å². The maximum absolute atomic E-state index is 12.1. The summed E-state index contributed by atoms with van der Waals surface area (Å²) < 4.78 is 0. The molecule has 0 saturated carbocycles. The highest BCUT2D eigenvalue weighted by Crippen LogP contribution is 2.13. The molecule has 1 aliphatic rings. The van der Waals surface area contributed by atoms with Gasteiger partial charge in [0.15, 0.2) is 0 Å². The molecule has 1 aromatic rings. The number of rotatable bonds is 3. The van der Waals surface area contributed by atoms with Gasteiger partial charge in [-0.25, -0.2) is 0 Å². The van der Waals surface area contributed by atoms with Crippen LogP contribution in [-0.2, 0) is 0 Å². The van der Waals surface area contributed by atoms with Crippen LogP contribution in [0.1, 0.15) is 55.7 Å². The van der Waals surface area contributed by atoms with E-state index in [1.54, 1.807) is 0 Å². The summed E-state index contributed by atoms with van der Waals surface area (Å²) in [5, 5.41) is 13.4. The van der Waals surface area contributed by atoms with Crippen molar-refractivity contribution in [2.24, 2.45) is 0 Å². The Morgan fingerprint density at radius 2 is 2.26 bits per heavy atom. The molecule has 0 aliphatic carbocycles. The summed E-state index contributed by atoms with van der Waals surface area (Å²) in [4.78, 5) is 12.1. The molecule has 1 fully saturated rings. The summed E-state index contributed by atoms with van der Waals surface area (Å²) in [5.41, 5.74) is 1.48. The van der Waals surface area contributed by atoms with Crippen LogP contribution in [0.5, 0.6) is 0 Å². The van der Waals surface area contributed by atoms with Gasteiger partial charge in [-0.1, -0.05) is 13.8 Å². The van der Waals surface area contributed by atoms with Crippen molar-refractivity contribution < 1.29 is 4.79 Å². The normalized spacial score (nSPS) is 22.9. The molecular weight excluding hydrogens is 264 g/mol. The van der Waals surface area contributed by atoms with Crippen molar-refractivity contribution in [2.75, 3.05) is 6.54 Å². The van der Waals surface area contributed by atoms with E-state index in [4.69, 9.17) is 0 Å². The summed E-state index contributed by atoms with van der Waals surface area (Å²) in [6.45, 7) is 7.28. The van der Waals surface area contributed by atoms with Crippen molar-refractivity contribution in [3.8, 4) is 0 Å². The van der Waals surface area contributed by atoms with Gasteiger partial charge in [0.2, 0.25) is 0 Å². The molecule has 1 aromatic heterocycles. The maximum Gasteiger partial charge on any atom is 0.272 e. The number of carbonyl (C=O) groups is 1. The molecule has 2 atom stereocenters. The van der Waals surface area contributed by atoms with E-state index < -0.39 is 0 Å². The van der Waals surface area contributed by atoms with Crippen molar-refractivity contribution in [1.29, 1.82) is 0 Å². The van der Waals surface area contributed by atoms with E-state index >= 15 is 0 Å². The first-order valence-electron chi connectivity index (χ1n) is 6.67. The van der Waals surface area contributed by atoms with Gasteiger partial charge in [0.05, 0.1) is 0 Å². The Kier molecular flexibility index (Phi) is 5.82. The van der Waals surface area contributed by atoms with Crippen LogP contribution >= 0.6 is 12.4 Å². The number of piperidine rings is 1. The lowest BCUT2D eigenvalue weighted by Gasteiger charge is -2.30. The Morgan fingerprint density at radius 3 is 2.84 bits per heavy atom. The number of amides is 1. The lowest BCUT2D eigenvalue weighted by atomic mass is 10.00. The Bertz CT molecular complexity index is 419. The lowest BCUT2D eigenvalue weighted by Crippen LogP contribution is -2.51. The molecule has 0 bridgehead atoms. The van der Waals surface area contributed by atoms with Crippen LogP contribution in [-0.4, -0.2) is 34.7 Å². The van der Waals surface area contributed by atoms with Crippen LogP contribution < -0.4 is 10.6 Å². The summed E-state index contributed by atoms with van der Waals surface area (Å²) in [6, 6.07) is 2.36. The molecule has 2 rings (SSSR count). The predicted octanol–water partition coefficient (Wildman–Crippen LogP) is 1.83. The second-order valence-electron chi connectivity index (χ2n) is 5.33. The number of nitrogens with one attached hydrogen (secondary N) is 3. The number of carbonyl (C=O) groups excluding carboxylic acids is 1. The average Bonchev–Trinajstić information content (AvgIpc) is 2.81. The number of H-pyrrole nitrogens is 1. The number of nitrogens with zero attached hydrogens (tertiary/aromatic N) is 1. The van der Waals surface area contributed by atoms with Gasteiger partial charge in [-0.2, -0.15) is 5.10 Å². The molecule has 3 N–H and O–H groups in total.